The molecule has 0 bridgehead atoms. The molecule has 0 saturated carbocycles. The van der Waals surface area contributed by atoms with E-state index < -0.39 is 0 Å². The maximum Gasteiger partial charge on any atom is 0.269 e. The highest BCUT2D eigenvalue weighted by Gasteiger charge is 2.10. The Bertz CT molecular complexity index is 465. The third-order valence-corrected chi connectivity index (χ3v) is 2.51. The van der Waals surface area contributed by atoms with Crippen molar-refractivity contribution in [1.29, 1.82) is 0 Å². The number of carbonyl (C=O) groups is 1. The number of benzene rings is 1. The zero-order valence-corrected chi connectivity index (χ0v) is 9.68. The Hall–Kier alpha value is -2.10. The van der Waals surface area contributed by atoms with Crippen molar-refractivity contribution in [2.75, 3.05) is 0 Å². The van der Waals surface area contributed by atoms with Crippen molar-refractivity contribution in [3.8, 4) is 0 Å². The molecule has 2 rings (SSSR count). The molecule has 1 atom stereocenters. The summed E-state index contributed by atoms with van der Waals surface area (Å²) in [5.41, 5.74) is 1.70. The van der Waals surface area contributed by atoms with Crippen molar-refractivity contribution in [2.45, 2.75) is 19.4 Å². The monoisotopic (exact) mass is 229 g/mol. The number of nitrogens with one attached hydrogen (secondary N) is 2. The zero-order valence-electron chi connectivity index (χ0n) is 9.68. The Morgan fingerprint density at radius 2 is 2.18 bits per heavy atom. The molecule has 1 aromatic carbocycles. The van der Waals surface area contributed by atoms with Crippen LogP contribution in [-0.4, -0.2) is 21.9 Å². The van der Waals surface area contributed by atoms with Gasteiger partial charge in [-0.15, -0.1) is 0 Å². The van der Waals surface area contributed by atoms with Crippen LogP contribution in [0.1, 0.15) is 23.0 Å². The van der Waals surface area contributed by atoms with Crippen LogP contribution in [0, 0.1) is 0 Å². The molecule has 0 spiro atoms. The van der Waals surface area contributed by atoms with Gasteiger partial charge in [-0.05, 0) is 18.9 Å². The maximum atomic E-state index is 11.7. The number of amides is 1. The van der Waals surface area contributed by atoms with Crippen molar-refractivity contribution in [3.63, 3.8) is 0 Å². The molecule has 1 unspecified atom stereocenters. The molecule has 0 aliphatic heterocycles. The molecule has 88 valence electrons. The molecule has 0 aliphatic carbocycles. The zero-order chi connectivity index (χ0) is 12.1. The van der Waals surface area contributed by atoms with Gasteiger partial charge in [0.2, 0.25) is 0 Å². The van der Waals surface area contributed by atoms with E-state index in [2.05, 4.69) is 27.4 Å². The first-order valence-corrected chi connectivity index (χ1v) is 5.59. The highest BCUT2D eigenvalue weighted by molar-refractivity contribution is 5.92. The van der Waals surface area contributed by atoms with Gasteiger partial charge in [0.15, 0.2) is 0 Å². The van der Waals surface area contributed by atoms with Gasteiger partial charge in [-0.2, -0.15) is 0 Å². The smallest absolute Gasteiger partial charge is 0.269 e. The third kappa shape index (κ3) is 3.17. The van der Waals surface area contributed by atoms with Gasteiger partial charge in [-0.3, -0.25) is 4.79 Å². The van der Waals surface area contributed by atoms with Crippen LogP contribution in [0.4, 0.5) is 0 Å². The van der Waals surface area contributed by atoms with Crippen molar-refractivity contribution in [2.24, 2.45) is 0 Å². The lowest BCUT2D eigenvalue weighted by molar-refractivity contribution is 0.0935. The highest BCUT2D eigenvalue weighted by atomic mass is 16.1. The average Bonchev–Trinajstić information content (AvgIpc) is 2.83. The minimum Gasteiger partial charge on any atom is -0.348 e. The average molecular weight is 229 g/mol. The summed E-state index contributed by atoms with van der Waals surface area (Å²) in [6.07, 6.45) is 3.84. The Balaban J connectivity index is 1.90. The standard InChI is InChI=1S/C13H15N3O/c1-10(7-11-5-3-2-4-6-11)16-13(17)12-8-14-9-15-12/h2-6,8-10H,7H2,1H3,(H,14,15)(H,16,17). The van der Waals surface area contributed by atoms with Crippen LogP contribution in [0.15, 0.2) is 42.9 Å². The number of carbonyl (C=O) groups excluding carboxylic acids is 1. The number of aromatic amines is 1. The Labute approximate surface area is 100 Å². The normalized spacial score (nSPS) is 12.1. The van der Waals surface area contributed by atoms with E-state index in [1.165, 1.54) is 18.1 Å². The van der Waals surface area contributed by atoms with E-state index in [-0.39, 0.29) is 11.9 Å². The first kappa shape index (κ1) is 11.4. The molecule has 1 amide bonds. The van der Waals surface area contributed by atoms with Gasteiger partial charge in [0.25, 0.3) is 5.91 Å². The summed E-state index contributed by atoms with van der Waals surface area (Å²) >= 11 is 0. The predicted octanol–water partition coefficient (Wildman–Crippen LogP) is 1.77. The van der Waals surface area contributed by atoms with E-state index in [1.54, 1.807) is 0 Å². The van der Waals surface area contributed by atoms with E-state index in [9.17, 15) is 4.79 Å². The number of hydrogen-bond donors (Lipinski definition) is 2. The molecule has 0 saturated heterocycles. The second kappa shape index (κ2) is 5.30. The summed E-state index contributed by atoms with van der Waals surface area (Å²) in [6.45, 7) is 1.99. The van der Waals surface area contributed by atoms with Gasteiger partial charge in [0.05, 0.1) is 12.5 Å². The molecule has 4 heteroatoms. The second-order valence-electron chi connectivity index (χ2n) is 4.03. The van der Waals surface area contributed by atoms with E-state index >= 15 is 0 Å². The SMILES string of the molecule is CC(Cc1ccccc1)NC(=O)c1cnc[nH]1. The summed E-state index contributed by atoms with van der Waals surface area (Å²) in [5.74, 6) is -0.120. The fourth-order valence-electron chi connectivity index (χ4n) is 1.70. The summed E-state index contributed by atoms with van der Waals surface area (Å²) in [7, 11) is 0. The van der Waals surface area contributed by atoms with Crippen molar-refractivity contribution >= 4 is 5.91 Å². The summed E-state index contributed by atoms with van der Waals surface area (Å²) in [6, 6.07) is 10.2. The van der Waals surface area contributed by atoms with E-state index in [4.69, 9.17) is 0 Å². The van der Waals surface area contributed by atoms with E-state index in [0.717, 1.165) is 6.42 Å². The van der Waals surface area contributed by atoms with Gasteiger partial charge in [-0.1, -0.05) is 30.3 Å². The van der Waals surface area contributed by atoms with Crippen LogP contribution >= 0.6 is 0 Å². The number of H-pyrrole nitrogens is 1. The van der Waals surface area contributed by atoms with Crippen LogP contribution in [-0.2, 0) is 6.42 Å². The lowest BCUT2D eigenvalue weighted by Gasteiger charge is -2.13. The van der Waals surface area contributed by atoms with Gasteiger partial charge in [-0.25, -0.2) is 4.98 Å². The van der Waals surface area contributed by atoms with Crippen molar-refractivity contribution in [3.05, 3.63) is 54.1 Å². The fourth-order valence-corrected chi connectivity index (χ4v) is 1.70. The Morgan fingerprint density at radius 1 is 1.41 bits per heavy atom. The molecule has 2 N–H and O–H groups in total. The first-order valence-electron chi connectivity index (χ1n) is 5.59. The molecule has 17 heavy (non-hydrogen) atoms. The third-order valence-electron chi connectivity index (χ3n) is 2.51. The lowest BCUT2D eigenvalue weighted by atomic mass is 10.1. The lowest BCUT2D eigenvalue weighted by Crippen LogP contribution is -2.34. The van der Waals surface area contributed by atoms with Gasteiger partial charge < -0.3 is 10.3 Å². The second-order valence-corrected chi connectivity index (χ2v) is 4.03. The quantitative estimate of drug-likeness (QED) is 0.839. The number of aromatic nitrogens is 2. The number of imidazole rings is 1. The van der Waals surface area contributed by atoms with Crippen LogP contribution in [0.5, 0.6) is 0 Å². The van der Waals surface area contributed by atoms with Gasteiger partial charge in [0.1, 0.15) is 5.69 Å². The molecule has 1 aromatic heterocycles. The minimum atomic E-state index is -0.120. The summed E-state index contributed by atoms with van der Waals surface area (Å²) in [4.78, 5) is 18.3. The summed E-state index contributed by atoms with van der Waals surface area (Å²) in [5, 5.41) is 2.92. The van der Waals surface area contributed by atoms with E-state index in [1.807, 2.05) is 25.1 Å². The predicted molar refractivity (Wildman–Crippen MR) is 65.7 cm³/mol. The van der Waals surface area contributed by atoms with E-state index in [0.29, 0.717) is 5.69 Å². The molecule has 2 aromatic rings. The maximum absolute atomic E-state index is 11.7. The summed E-state index contributed by atoms with van der Waals surface area (Å²) < 4.78 is 0. The molecular formula is C13H15N3O. The molecule has 4 nitrogen and oxygen atoms in total. The number of rotatable bonds is 4. The van der Waals surface area contributed by atoms with Crippen LogP contribution < -0.4 is 5.32 Å². The fraction of sp³-hybridized carbons (Fsp3) is 0.231. The van der Waals surface area contributed by atoms with Crippen LogP contribution in [0.3, 0.4) is 0 Å². The van der Waals surface area contributed by atoms with Crippen LogP contribution in [0.2, 0.25) is 0 Å². The number of nitrogens with zero attached hydrogens (tertiary/aromatic N) is 1. The van der Waals surface area contributed by atoms with Gasteiger partial charge >= 0.3 is 0 Å². The molecule has 0 aliphatic rings. The minimum absolute atomic E-state index is 0.0909. The van der Waals surface area contributed by atoms with Crippen LogP contribution in [0.25, 0.3) is 0 Å². The first-order chi connectivity index (χ1) is 8.25. The topological polar surface area (TPSA) is 57.8 Å². The number of hydrogen-bond acceptors (Lipinski definition) is 2. The largest absolute Gasteiger partial charge is 0.348 e. The Morgan fingerprint density at radius 3 is 2.82 bits per heavy atom. The molecular weight excluding hydrogens is 214 g/mol. The van der Waals surface area contributed by atoms with Crippen molar-refractivity contribution < 1.29 is 4.79 Å². The Kier molecular flexibility index (Phi) is 3.55. The molecule has 0 radical (unpaired) electrons. The van der Waals surface area contributed by atoms with Crippen molar-refractivity contribution in [1.82, 2.24) is 15.3 Å². The van der Waals surface area contributed by atoms with Gasteiger partial charge in [0, 0.05) is 6.04 Å². The molecule has 1 heterocycles. The molecule has 0 fully saturated rings. The highest BCUT2D eigenvalue weighted by Crippen LogP contribution is 2.03.